The van der Waals surface area contributed by atoms with E-state index in [1.165, 1.54) is 23.0 Å². The molecule has 0 N–H and O–H groups in total. The summed E-state index contributed by atoms with van der Waals surface area (Å²) in [4.78, 5) is 32.6. The summed E-state index contributed by atoms with van der Waals surface area (Å²) in [5.74, 6) is 0.496. The predicted molar refractivity (Wildman–Crippen MR) is 162 cm³/mol. The molecule has 43 heavy (non-hydrogen) atoms. The first-order chi connectivity index (χ1) is 21.0. The smallest absolute Gasteiger partial charge is 0.338 e. The Bertz CT molecular complexity index is 1920. The van der Waals surface area contributed by atoms with Gasteiger partial charge in [-0.25, -0.2) is 9.79 Å². The molecule has 0 bridgehead atoms. The number of allylic oxidation sites excluding steroid dienone is 1. The lowest BCUT2D eigenvalue weighted by molar-refractivity contribution is -0.140. The number of ether oxygens (including phenoxy) is 4. The molecule has 0 amide bonds. The van der Waals surface area contributed by atoms with Crippen LogP contribution in [0.3, 0.4) is 0 Å². The summed E-state index contributed by atoms with van der Waals surface area (Å²) in [5, 5.41) is 9.44. The molecule has 4 aromatic rings. The SMILES string of the molecule is COCCOC(=O)C1=C(C)N=c2sc(=Cc3ccccc3OCc3ccccc3C#N)c(=O)n2C1c1ccccc1OC. The normalized spacial score (nSPS) is 14.5. The van der Waals surface area contributed by atoms with Gasteiger partial charge in [0.15, 0.2) is 4.80 Å². The lowest BCUT2D eigenvalue weighted by Crippen LogP contribution is -2.40. The van der Waals surface area contributed by atoms with Crippen molar-refractivity contribution in [1.29, 1.82) is 5.26 Å². The van der Waals surface area contributed by atoms with Crippen molar-refractivity contribution >= 4 is 23.4 Å². The molecule has 1 atom stereocenters. The molecule has 0 radical (unpaired) electrons. The predicted octanol–water partition coefficient (Wildman–Crippen LogP) is 3.88. The molecule has 0 fully saturated rings. The van der Waals surface area contributed by atoms with E-state index in [2.05, 4.69) is 11.1 Å². The van der Waals surface area contributed by atoms with Crippen LogP contribution < -0.4 is 24.4 Å². The molecule has 1 unspecified atom stereocenters. The summed E-state index contributed by atoms with van der Waals surface area (Å²) < 4.78 is 24.2. The molecule has 2 heterocycles. The number of nitriles is 1. The topological polar surface area (TPSA) is 112 Å². The zero-order chi connectivity index (χ0) is 30.3. The minimum Gasteiger partial charge on any atom is -0.496 e. The van der Waals surface area contributed by atoms with Crippen LogP contribution in [0.2, 0.25) is 0 Å². The molecule has 10 heteroatoms. The maximum atomic E-state index is 14.1. The Balaban J connectivity index is 1.60. The number of thiazole rings is 1. The number of methoxy groups -OCH3 is 2. The van der Waals surface area contributed by atoms with Crippen LogP contribution in [0.15, 0.2) is 93.9 Å². The van der Waals surface area contributed by atoms with Crippen molar-refractivity contribution in [3.05, 3.63) is 126 Å². The standard InChI is InChI=1S/C33H29N3O6S/c1-21-29(32(38)41-17-16-39-2)30(25-13-7-9-15-27(25)40-3)36-31(37)28(43-33(36)35-21)18-22-10-6-8-14-26(22)42-20-24-12-5-4-11-23(24)19-34/h4-15,18,30H,16-17,20H2,1-3H3. The van der Waals surface area contributed by atoms with Crippen molar-refractivity contribution in [2.75, 3.05) is 27.4 Å². The van der Waals surface area contributed by atoms with Crippen molar-refractivity contribution in [2.24, 2.45) is 4.99 Å². The Hall–Kier alpha value is -4.98. The first-order valence-corrected chi connectivity index (χ1v) is 14.3. The quantitative estimate of drug-likeness (QED) is 0.202. The van der Waals surface area contributed by atoms with E-state index in [-0.39, 0.29) is 31.0 Å². The summed E-state index contributed by atoms with van der Waals surface area (Å²) >= 11 is 1.22. The van der Waals surface area contributed by atoms with Crippen molar-refractivity contribution in [3.8, 4) is 17.6 Å². The van der Waals surface area contributed by atoms with Gasteiger partial charge >= 0.3 is 5.97 Å². The number of rotatable bonds is 10. The molecule has 1 aliphatic rings. The number of fused-ring (bicyclic) bond motifs is 1. The molecule has 9 nitrogen and oxygen atoms in total. The molecule has 218 valence electrons. The first-order valence-electron chi connectivity index (χ1n) is 13.5. The van der Waals surface area contributed by atoms with E-state index in [1.54, 1.807) is 38.3 Å². The van der Waals surface area contributed by atoms with Crippen LogP contribution in [0.25, 0.3) is 6.08 Å². The average molecular weight is 596 g/mol. The molecule has 3 aromatic carbocycles. The van der Waals surface area contributed by atoms with Gasteiger partial charge in [0, 0.05) is 23.8 Å². The number of esters is 1. The van der Waals surface area contributed by atoms with Crippen LogP contribution in [-0.2, 0) is 20.9 Å². The monoisotopic (exact) mass is 595 g/mol. The van der Waals surface area contributed by atoms with E-state index in [1.807, 2.05) is 54.6 Å². The Labute approximate surface area is 252 Å². The third-order valence-corrected chi connectivity index (χ3v) is 7.91. The second-order valence-corrected chi connectivity index (χ2v) is 10.6. The second-order valence-electron chi connectivity index (χ2n) is 9.55. The van der Waals surface area contributed by atoms with E-state index in [9.17, 15) is 14.9 Å². The van der Waals surface area contributed by atoms with E-state index < -0.39 is 12.0 Å². The van der Waals surface area contributed by atoms with Crippen LogP contribution >= 0.6 is 11.3 Å². The van der Waals surface area contributed by atoms with Crippen molar-refractivity contribution in [3.63, 3.8) is 0 Å². The molecule has 1 aliphatic heterocycles. The van der Waals surface area contributed by atoms with Crippen molar-refractivity contribution in [2.45, 2.75) is 19.6 Å². The molecule has 5 rings (SSSR count). The van der Waals surface area contributed by atoms with Gasteiger partial charge < -0.3 is 18.9 Å². The molecule has 1 aromatic heterocycles. The van der Waals surface area contributed by atoms with Gasteiger partial charge in [0.1, 0.15) is 30.8 Å². The van der Waals surface area contributed by atoms with Gasteiger partial charge in [-0.15, -0.1) is 0 Å². The minimum atomic E-state index is -0.821. The van der Waals surface area contributed by atoms with E-state index >= 15 is 0 Å². The summed E-state index contributed by atoms with van der Waals surface area (Å²) in [7, 11) is 3.07. The maximum absolute atomic E-state index is 14.1. The number of carbonyl (C=O) groups excluding carboxylic acids is 1. The number of nitrogens with zero attached hydrogens (tertiary/aromatic N) is 3. The van der Waals surface area contributed by atoms with Crippen LogP contribution in [0.5, 0.6) is 11.5 Å². The third-order valence-electron chi connectivity index (χ3n) is 6.92. The number of carbonyl (C=O) groups is 1. The van der Waals surface area contributed by atoms with Crippen LogP contribution in [-0.4, -0.2) is 38.0 Å². The van der Waals surface area contributed by atoms with Gasteiger partial charge in [-0.3, -0.25) is 9.36 Å². The van der Waals surface area contributed by atoms with Gasteiger partial charge in [0.2, 0.25) is 0 Å². The Morgan fingerprint density at radius 3 is 2.51 bits per heavy atom. The van der Waals surface area contributed by atoms with Crippen LogP contribution in [0.1, 0.15) is 35.2 Å². The highest BCUT2D eigenvalue weighted by Gasteiger charge is 2.35. The van der Waals surface area contributed by atoms with Gasteiger partial charge in [0.25, 0.3) is 5.56 Å². The van der Waals surface area contributed by atoms with Gasteiger partial charge in [0.05, 0.1) is 41.2 Å². The van der Waals surface area contributed by atoms with Gasteiger partial charge in [-0.2, -0.15) is 5.26 Å². The largest absolute Gasteiger partial charge is 0.496 e. The fraction of sp³-hybridized carbons (Fsp3) is 0.212. The number of hydrogen-bond donors (Lipinski definition) is 0. The minimum absolute atomic E-state index is 0.0603. The third kappa shape index (κ3) is 6.14. The van der Waals surface area contributed by atoms with Crippen LogP contribution in [0, 0.1) is 11.3 Å². The zero-order valence-corrected chi connectivity index (χ0v) is 24.7. The lowest BCUT2D eigenvalue weighted by atomic mass is 9.95. The number of para-hydroxylation sites is 2. The number of benzene rings is 3. The van der Waals surface area contributed by atoms with E-state index in [0.29, 0.717) is 43.2 Å². The number of hydrogen-bond acceptors (Lipinski definition) is 9. The van der Waals surface area contributed by atoms with Crippen LogP contribution in [0.4, 0.5) is 0 Å². The summed E-state index contributed by atoms with van der Waals surface area (Å²) in [6, 6.07) is 23.2. The van der Waals surface area contributed by atoms with Crippen molar-refractivity contribution in [1.82, 2.24) is 4.57 Å². The van der Waals surface area contributed by atoms with E-state index in [4.69, 9.17) is 18.9 Å². The molecule has 0 saturated heterocycles. The fourth-order valence-electron chi connectivity index (χ4n) is 4.85. The average Bonchev–Trinajstić information content (AvgIpc) is 3.33. The molecule has 0 spiro atoms. The van der Waals surface area contributed by atoms with Gasteiger partial charge in [-0.05, 0) is 31.2 Å². The second kappa shape index (κ2) is 13.3. The highest BCUT2D eigenvalue weighted by Crippen LogP contribution is 2.35. The number of aromatic nitrogens is 1. The molecular weight excluding hydrogens is 566 g/mol. The van der Waals surface area contributed by atoms with Gasteiger partial charge in [-0.1, -0.05) is 65.9 Å². The fourth-order valence-corrected chi connectivity index (χ4v) is 5.89. The summed E-state index contributed by atoms with van der Waals surface area (Å²) in [6.07, 6.45) is 1.75. The molecule has 0 saturated carbocycles. The molecular formula is C33H29N3O6S. The Kier molecular flexibility index (Phi) is 9.15. The summed E-state index contributed by atoms with van der Waals surface area (Å²) in [5.41, 5.74) is 2.99. The highest BCUT2D eigenvalue weighted by molar-refractivity contribution is 7.07. The first kappa shape index (κ1) is 29.5. The highest BCUT2D eigenvalue weighted by atomic mass is 32.1. The Morgan fingerprint density at radius 1 is 1.02 bits per heavy atom. The lowest BCUT2D eigenvalue weighted by Gasteiger charge is -2.26. The zero-order valence-electron chi connectivity index (χ0n) is 23.9. The van der Waals surface area contributed by atoms with Crippen molar-refractivity contribution < 1.29 is 23.7 Å². The maximum Gasteiger partial charge on any atom is 0.338 e. The molecule has 0 aliphatic carbocycles. The summed E-state index contributed by atoms with van der Waals surface area (Å²) in [6.45, 7) is 2.22. The van der Waals surface area contributed by atoms with E-state index in [0.717, 1.165) is 5.56 Å². The Morgan fingerprint density at radius 2 is 1.74 bits per heavy atom.